The molecule has 94 valence electrons. The van der Waals surface area contributed by atoms with Gasteiger partial charge < -0.3 is 16.2 Å². The van der Waals surface area contributed by atoms with E-state index in [2.05, 4.69) is 5.32 Å². The predicted molar refractivity (Wildman–Crippen MR) is 64.1 cm³/mol. The number of carbonyl (C=O) groups excluding carboxylic acids is 1. The van der Waals surface area contributed by atoms with E-state index in [4.69, 9.17) is 10.8 Å². The monoisotopic (exact) mass is 240 g/mol. The molecule has 0 aliphatic carbocycles. The van der Waals surface area contributed by atoms with Gasteiger partial charge in [0.25, 0.3) is 5.91 Å². The summed E-state index contributed by atoms with van der Waals surface area (Å²) in [6.07, 6.45) is 1.28. The second-order valence-electron chi connectivity index (χ2n) is 3.97. The number of halogens is 1. The third kappa shape index (κ3) is 4.03. The first-order valence-electron chi connectivity index (χ1n) is 5.51. The molecule has 1 rings (SSSR count). The van der Waals surface area contributed by atoms with Crippen molar-refractivity contribution in [3.05, 3.63) is 29.6 Å². The van der Waals surface area contributed by atoms with Crippen LogP contribution in [-0.4, -0.2) is 23.7 Å². The fourth-order valence-corrected chi connectivity index (χ4v) is 1.50. The fourth-order valence-electron chi connectivity index (χ4n) is 1.50. The summed E-state index contributed by atoms with van der Waals surface area (Å²) >= 11 is 0. The minimum Gasteiger partial charge on any atom is -0.398 e. The second-order valence-corrected chi connectivity index (χ2v) is 3.97. The van der Waals surface area contributed by atoms with Gasteiger partial charge in [0.15, 0.2) is 0 Å². The highest BCUT2D eigenvalue weighted by molar-refractivity contribution is 5.99. The van der Waals surface area contributed by atoms with Crippen molar-refractivity contribution < 1.29 is 14.3 Å². The Morgan fingerprint density at radius 2 is 2.29 bits per heavy atom. The lowest BCUT2D eigenvalue weighted by Gasteiger charge is -2.14. The summed E-state index contributed by atoms with van der Waals surface area (Å²) in [6, 6.07) is 3.60. The first kappa shape index (κ1) is 13.4. The zero-order chi connectivity index (χ0) is 12.8. The molecule has 5 heteroatoms. The molecule has 0 spiro atoms. The Hall–Kier alpha value is -1.62. The molecule has 4 N–H and O–H groups in total. The largest absolute Gasteiger partial charge is 0.398 e. The molecule has 4 nitrogen and oxygen atoms in total. The summed E-state index contributed by atoms with van der Waals surface area (Å²) in [5, 5.41) is 11.4. The van der Waals surface area contributed by atoms with E-state index in [0.717, 1.165) is 6.07 Å². The number of amides is 1. The molecule has 1 aromatic carbocycles. The number of anilines is 1. The molecular weight excluding hydrogens is 223 g/mol. The smallest absolute Gasteiger partial charge is 0.253 e. The van der Waals surface area contributed by atoms with E-state index in [-0.39, 0.29) is 23.9 Å². The molecule has 0 aliphatic heterocycles. The highest BCUT2D eigenvalue weighted by Crippen LogP contribution is 2.13. The Bertz CT molecular complexity index is 396. The van der Waals surface area contributed by atoms with Crippen LogP contribution in [0.25, 0.3) is 0 Å². The van der Waals surface area contributed by atoms with Crippen LogP contribution in [0.1, 0.15) is 30.1 Å². The molecule has 0 bridgehead atoms. The summed E-state index contributed by atoms with van der Waals surface area (Å²) in [5.74, 6) is -0.889. The molecule has 0 saturated carbocycles. The van der Waals surface area contributed by atoms with Gasteiger partial charge in [-0.3, -0.25) is 4.79 Å². The van der Waals surface area contributed by atoms with E-state index in [1.807, 2.05) is 6.92 Å². The number of aliphatic hydroxyl groups is 1. The molecule has 1 unspecified atom stereocenters. The average molecular weight is 240 g/mol. The van der Waals surface area contributed by atoms with Gasteiger partial charge in [-0.2, -0.15) is 0 Å². The van der Waals surface area contributed by atoms with Crippen LogP contribution in [-0.2, 0) is 0 Å². The molecular formula is C12H17FN2O2. The lowest BCUT2D eigenvalue weighted by molar-refractivity contribution is 0.0937. The standard InChI is InChI=1S/C12H17FN2O2/c1-8(3-2-6-16)15-12(17)10-7-9(13)4-5-11(10)14/h4-5,7-8,16H,2-3,6,14H2,1H3,(H,15,17). The van der Waals surface area contributed by atoms with Crippen molar-refractivity contribution in [3.8, 4) is 0 Å². The van der Waals surface area contributed by atoms with Crippen LogP contribution in [0.3, 0.4) is 0 Å². The molecule has 17 heavy (non-hydrogen) atoms. The number of hydrogen-bond donors (Lipinski definition) is 3. The molecule has 1 amide bonds. The van der Waals surface area contributed by atoms with Crippen LogP contribution >= 0.6 is 0 Å². The molecule has 0 aromatic heterocycles. The Kier molecular flexibility index (Phi) is 4.90. The van der Waals surface area contributed by atoms with Crippen molar-refractivity contribution in [1.29, 1.82) is 0 Å². The maximum atomic E-state index is 13.0. The van der Waals surface area contributed by atoms with E-state index in [9.17, 15) is 9.18 Å². The topological polar surface area (TPSA) is 75.3 Å². The first-order chi connectivity index (χ1) is 8.04. The Labute approximate surface area is 99.6 Å². The van der Waals surface area contributed by atoms with Crippen LogP contribution < -0.4 is 11.1 Å². The highest BCUT2D eigenvalue weighted by atomic mass is 19.1. The molecule has 0 heterocycles. The van der Waals surface area contributed by atoms with Crippen molar-refractivity contribution >= 4 is 11.6 Å². The molecule has 1 aromatic rings. The average Bonchev–Trinajstić information content (AvgIpc) is 2.29. The van der Waals surface area contributed by atoms with Crippen LogP contribution in [0.15, 0.2) is 18.2 Å². The van der Waals surface area contributed by atoms with Gasteiger partial charge in [0.05, 0.1) is 5.56 Å². The van der Waals surface area contributed by atoms with Crippen LogP contribution in [0.4, 0.5) is 10.1 Å². The van der Waals surface area contributed by atoms with E-state index in [1.54, 1.807) is 0 Å². The van der Waals surface area contributed by atoms with Crippen LogP contribution in [0.2, 0.25) is 0 Å². The van der Waals surface area contributed by atoms with Crippen molar-refractivity contribution in [2.75, 3.05) is 12.3 Å². The van der Waals surface area contributed by atoms with E-state index in [1.165, 1.54) is 12.1 Å². The van der Waals surface area contributed by atoms with E-state index < -0.39 is 11.7 Å². The molecule has 1 atom stereocenters. The fraction of sp³-hybridized carbons (Fsp3) is 0.417. The highest BCUT2D eigenvalue weighted by Gasteiger charge is 2.13. The van der Waals surface area contributed by atoms with Crippen LogP contribution in [0, 0.1) is 5.82 Å². The van der Waals surface area contributed by atoms with Gasteiger partial charge in [0.2, 0.25) is 0 Å². The number of carbonyl (C=O) groups is 1. The number of hydrogen-bond acceptors (Lipinski definition) is 3. The van der Waals surface area contributed by atoms with Gasteiger partial charge in [0, 0.05) is 18.3 Å². The Balaban J connectivity index is 2.66. The second kappa shape index (κ2) is 6.20. The maximum absolute atomic E-state index is 13.0. The lowest BCUT2D eigenvalue weighted by Crippen LogP contribution is -2.33. The molecule has 0 aliphatic rings. The molecule has 0 saturated heterocycles. The minimum absolute atomic E-state index is 0.0856. The predicted octanol–water partition coefficient (Wildman–Crippen LogP) is 1.30. The van der Waals surface area contributed by atoms with Gasteiger partial charge in [0.1, 0.15) is 5.82 Å². The van der Waals surface area contributed by atoms with E-state index >= 15 is 0 Å². The summed E-state index contributed by atoms with van der Waals surface area (Å²) in [5.41, 5.74) is 5.99. The third-order valence-corrected chi connectivity index (χ3v) is 2.43. The van der Waals surface area contributed by atoms with Crippen molar-refractivity contribution in [2.24, 2.45) is 0 Å². The van der Waals surface area contributed by atoms with Gasteiger partial charge in [-0.25, -0.2) is 4.39 Å². The van der Waals surface area contributed by atoms with Gasteiger partial charge >= 0.3 is 0 Å². The third-order valence-electron chi connectivity index (χ3n) is 2.43. The van der Waals surface area contributed by atoms with Crippen molar-refractivity contribution in [2.45, 2.75) is 25.8 Å². The molecule has 0 radical (unpaired) electrons. The zero-order valence-electron chi connectivity index (χ0n) is 9.74. The van der Waals surface area contributed by atoms with Gasteiger partial charge in [-0.05, 0) is 38.0 Å². The van der Waals surface area contributed by atoms with Crippen molar-refractivity contribution in [1.82, 2.24) is 5.32 Å². The van der Waals surface area contributed by atoms with Crippen molar-refractivity contribution in [3.63, 3.8) is 0 Å². The maximum Gasteiger partial charge on any atom is 0.253 e. The lowest BCUT2D eigenvalue weighted by atomic mass is 10.1. The van der Waals surface area contributed by atoms with E-state index in [0.29, 0.717) is 12.8 Å². The number of nitrogens with one attached hydrogen (secondary N) is 1. The zero-order valence-corrected chi connectivity index (χ0v) is 9.74. The summed E-state index contributed by atoms with van der Waals surface area (Å²) in [7, 11) is 0. The Morgan fingerprint density at radius 3 is 2.94 bits per heavy atom. The number of nitrogens with two attached hydrogens (primary N) is 1. The SMILES string of the molecule is CC(CCCO)NC(=O)c1cc(F)ccc1N. The minimum atomic E-state index is -0.493. The quantitative estimate of drug-likeness (QED) is 0.679. The number of benzene rings is 1. The number of nitrogen functional groups attached to an aromatic ring is 1. The van der Waals surface area contributed by atoms with Crippen LogP contribution in [0.5, 0.6) is 0 Å². The summed E-state index contributed by atoms with van der Waals surface area (Å²) in [4.78, 5) is 11.8. The Morgan fingerprint density at radius 1 is 1.59 bits per heavy atom. The molecule has 0 fully saturated rings. The summed E-state index contributed by atoms with van der Waals surface area (Å²) < 4.78 is 13.0. The number of rotatable bonds is 5. The number of aliphatic hydroxyl groups excluding tert-OH is 1. The normalized spacial score (nSPS) is 12.2. The summed E-state index contributed by atoms with van der Waals surface area (Å²) in [6.45, 7) is 1.91. The van der Waals surface area contributed by atoms with Gasteiger partial charge in [-0.1, -0.05) is 0 Å². The van der Waals surface area contributed by atoms with Gasteiger partial charge in [-0.15, -0.1) is 0 Å². The first-order valence-corrected chi connectivity index (χ1v) is 5.51.